The largest absolute Gasteiger partial charge is 0.396 e. The molecule has 2 aliphatic rings. The Hall–Kier alpha value is -3.72. The number of non-ortho nitro benzene ring substituents is 1. The first-order valence-electron chi connectivity index (χ1n) is 11.5. The van der Waals surface area contributed by atoms with Crippen molar-refractivity contribution in [3.63, 3.8) is 0 Å². The average Bonchev–Trinajstić information content (AvgIpc) is 3.22. The lowest BCUT2D eigenvalue weighted by Gasteiger charge is -2.47. The van der Waals surface area contributed by atoms with E-state index in [9.17, 15) is 19.7 Å². The summed E-state index contributed by atoms with van der Waals surface area (Å²) in [6.45, 7) is 0.560. The number of unbranched alkanes of at least 4 members (excludes halogenated alkanes) is 2. The molecule has 0 aliphatic carbocycles. The van der Waals surface area contributed by atoms with E-state index in [1.54, 1.807) is 21.9 Å². The molecule has 9 nitrogen and oxygen atoms in total. The number of aliphatic hydroxyl groups excluding tert-OH is 1. The van der Waals surface area contributed by atoms with Crippen LogP contribution in [0, 0.1) is 10.1 Å². The summed E-state index contributed by atoms with van der Waals surface area (Å²) < 4.78 is 0. The second-order valence-electron chi connectivity index (χ2n) is 8.88. The number of nitro benzene ring substituents is 1. The van der Waals surface area contributed by atoms with Crippen molar-refractivity contribution in [2.45, 2.75) is 37.8 Å². The van der Waals surface area contributed by atoms with E-state index in [1.165, 1.54) is 12.1 Å². The maximum atomic E-state index is 13.6. The molecular formula is C25H26N4O5. The van der Waals surface area contributed by atoms with Crippen LogP contribution in [0.5, 0.6) is 0 Å². The fraction of sp³-hybridized carbons (Fsp3) is 0.360. The van der Waals surface area contributed by atoms with Crippen LogP contribution < -0.4 is 0 Å². The highest BCUT2D eigenvalue weighted by Crippen LogP contribution is 2.43. The summed E-state index contributed by atoms with van der Waals surface area (Å²) >= 11 is 0. The van der Waals surface area contributed by atoms with Gasteiger partial charge < -0.3 is 19.9 Å². The van der Waals surface area contributed by atoms with Crippen molar-refractivity contribution >= 4 is 28.4 Å². The van der Waals surface area contributed by atoms with Gasteiger partial charge in [0.15, 0.2) is 0 Å². The summed E-state index contributed by atoms with van der Waals surface area (Å²) in [4.78, 5) is 44.7. The zero-order valence-corrected chi connectivity index (χ0v) is 18.6. The number of hydrogen-bond donors (Lipinski definition) is 2. The molecule has 2 atom stereocenters. The molecular weight excluding hydrogens is 436 g/mol. The number of hydrogen-bond acceptors (Lipinski definition) is 5. The van der Waals surface area contributed by atoms with E-state index in [1.807, 2.05) is 24.3 Å². The van der Waals surface area contributed by atoms with Crippen molar-refractivity contribution in [2.24, 2.45) is 0 Å². The molecule has 3 aromatic rings. The summed E-state index contributed by atoms with van der Waals surface area (Å²) in [7, 11) is 0. The van der Waals surface area contributed by atoms with Gasteiger partial charge in [-0.2, -0.15) is 0 Å². The molecule has 0 bridgehead atoms. The van der Waals surface area contributed by atoms with Crippen LogP contribution in [-0.2, 0) is 16.0 Å². The second-order valence-corrected chi connectivity index (χ2v) is 8.88. The molecule has 1 saturated heterocycles. The standard InChI is InChI=1S/C25H26N4O5/c30-12-5-1-4-11-27-15-22(31)28-21(25(27)32)14-19-18-9-2-3-10-20(18)26-23(19)24(28)16-7-6-8-17(13-16)29(33)34/h2-3,6-10,13,21,24,26,30H,1,4-5,11-12,14-15H2. The van der Waals surface area contributed by atoms with Crippen LogP contribution in [0.2, 0.25) is 0 Å². The molecule has 2 aromatic carbocycles. The molecule has 2 aliphatic heterocycles. The van der Waals surface area contributed by atoms with Crippen molar-refractivity contribution in [3.05, 3.63) is 75.5 Å². The third kappa shape index (κ3) is 3.71. The number of benzene rings is 2. The van der Waals surface area contributed by atoms with Crippen molar-refractivity contribution in [1.82, 2.24) is 14.8 Å². The quantitative estimate of drug-likeness (QED) is 0.318. The third-order valence-electron chi connectivity index (χ3n) is 6.83. The number of carbonyl (C=O) groups excluding carboxylic acids is 2. The maximum Gasteiger partial charge on any atom is 0.269 e. The van der Waals surface area contributed by atoms with Gasteiger partial charge in [0.2, 0.25) is 11.8 Å². The molecule has 2 amide bonds. The molecule has 0 saturated carbocycles. The Labute approximate surface area is 196 Å². The van der Waals surface area contributed by atoms with Gasteiger partial charge in [-0.15, -0.1) is 0 Å². The number of nitrogens with zero attached hydrogens (tertiary/aromatic N) is 3. The lowest BCUT2D eigenvalue weighted by molar-refractivity contribution is -0.384. The first-order chi connectivity index (χ1) is 16.5. The summed E-state index contributed by atoms with van der Waals surface area (Å²) in [5, 5.41) is 21.5. The van der Waals surface area contributed by atoms with Crippen LogP contribution in [-0.4, -0.2) is 62.4 Å². The fourth-order valence-electron chi connectivity index (χ4n) is 5.26. The number of piperazine rings is 1. The van der Waals surface area contributed by atoms with Crippen LogP contribution >= 0.6 is 0 Å². The molecule has 2 unspecified atom stereocenters. The van der Waals surface area contributed by atoms with E-state index in [4.69, 9.17) is 5.11 Å². The van der Waals surface area contributed by atoms with Crippen molar-refractivity contribution in [2.75, 3.05) is 19.7 Å². The number of nitro groups is 1. The smallest absolute Gasteiger partial charge is 0.269 e. The lowest BCUT2D eigenvalue weighted by Crippen LogP contribution is -2.63. The molecule has 2 N–H and O–H groups in total. The molecule has 34 heavy (non-hydrogen) atoms. The fourth-order valence-corrected chi connectivity index (χ4v) is 5.26. The highest BCUT2D eigenvalue weighted by atomic mass is 16.6. The molecule has 5 rings (SSSR count). The van der Waals surface area contributed by atoms with Gasteiger partial charge in [-0.25, -0.2) is 0 Å². The van der Waals surface area contributed by atoms with Crippen LogP contribution in [0.25, 0.3) is 10.9 Å². The summed E-state index contributed by atoms with van der Waals surface area (Å²) in [6.07, 6.45) is 2.56. The summed E-state index contributed by atoms with van der Waals surface area (Å²) in [6, 6.07) is 12.8. The number of carbonyl (C=O) groups is 2. The normalized spacial score (nSPS) is 19.9. The SMILES string of the molecule is O=C1C2Cc3c([nH]c4ccccc34)C(c3cccc([N+](=O)[O-])c3)N2C(=O)CN1CCCCCO. The van der Waals surface area contributed by atoms with Gasteiger partial charge in [0.1, 0.15) is 6.04 Å². The number of rotatable bonds is 7. The molecule has 1 fully saturated rings. The number of amides is 2. The molecule has 0 spiro atoms. The molecule has 176 valence electrons. The Balaban J connectivity index is 1.59. The minimum Gasteiger partial charge on any atom is -0.396 e. The van der Waals surface area contributed by atoms with Crippen LogP contribution in [0.3, 0.4) is 0 Å². The third-order valence-corrected chi connectivity index (χ3v) is 6.83. The Bertz CT molecular complexity index is 1270. The monoisotopic (exact) mass is 462 g/mol. The number of aliphatic hydroxyl groups is 1. The second kappa shape index (κ2) is 8.90. The van der Waals surface area contributed by atoms with Crippen LogP contribution in [0.4, 0.5) is 5.69 Å². The highest BCUT2D eigenvalue weighted by molar-refractivity contribution is 5.97. The van der Waals surface area contributed by atoms with Gasteiger partial charge >= 0.3 is 0 Å². The number of fused-ring (bicyclic) bond motifs is 4. The summed E-state index contributed by atoms with van der Waals surface area (Å²) in [5.41, 5.74) is 3.22. The minimum atomic E-state index is -0.671. The van der Waals surface area contributed by atoms with Crippen molar-refractivity contribution in [3.8, 4) is 0 Å². The Kier molecular flexibility index (Phi) is 5.79. The molecule has 3 heterocycles. The van der Waals surface area contributed by atoms with Crippen molar-refractivity contribution < 1.29 is 19.6 Å². The van der Waals surface area contributed by atoms with E-state index in [-0.39, 0.29) is 30.7 Å². The van der Waals surface area contributed by atoms with Gasteiger partial charge in [-0.3, -0.25) is 19.7 Å². The van der Waals surface area contributed by atoms with Gasteiger partial charge in [-0.1, -0.05) is 30.3 Å². The van der Waals surface area contributed by atoms with Crippen molar-refractivity contribution in [1.29, 1.82) is 0 Å². The molecule has 9 heteroatoms. The zero-order valence-electron chi connectivity index (χ0n) is 18.6. The van der Waals surface area contributed by atoms with Gasteiger partial charge in [0.25, 0.3) is 5.69 Å². The van der Waals surface area contributed by atoms with E-state index < -0.39 is 17.0 Å². The maximum absolute atomic E-state index is 13.6. The van der Waals surface area contributed by atoms with E-state index >= 15 is 0 Å². The van der Waals surface area contributed by atoms with E-state index in [2.05, 4.69) is 4.98 Å². The van der Waals surface area contributed by atoms with Gasteiger partial charge in [0.05, 0.1) is 17.5 Å². The van der Waals surface area contributed by atoms with Gasteiger partial charge in [0, 0.05) is 48.3 Å². The van der Waals surface area contributed by atoms with Crippen LogP contribution in [0.1, 0.15) is 42.1 Å². The van der Waals surface area contributed by atoms with Gasteiger partial charge in [-0.05, 0) is 36.5 Å². The Morgan fingerprint density at radius 1 is 1.09 bits per heavy atom. The number of H-pyrrole nitrogens is 1. The summed E-state index contributed by atoms with van der Waals surface area (Å²) in [5.74, 6) is -0.275. The minimum absolute atomic E-state index is 0.0184. The predicted octanol–water partition coefficient (Wildman–Crippen LogP) is 2.92. The Morgan fingerprint density at radius 3 is 2.71 bits per heavy atom. The number of nitrogens with one attached hydrogen (secondary N) is 1. The zero-order chi connectivity index (χ0) is 23.8. The number of para-hydroxylation sites is 1. The topological polar surface area (TPSA) is 120 Å². The van der Waals surface area contributed by atoms with E-state index in [0.29, 0.717) is 24.9 Å². The highest BCUT2D eigenvalue weighted by Gasteiger charge is 2.48. The lowest BCUT2D eigenvalue weighted by atomic mass is 9.86. The molecule has 1 aromatic heterocycles. The number of aromatic nitrogens is 1. The molecule has 0 radical (unpaired) electrons. The van der Waals surface area contributed by atoms with E-state index in [0.717, 1.165) is 35.0 Å². The van der Waals surface area contributed by atoms with Crippen LogP contribution in [0.15, 0.2) is 48.5 Å². The first-order valence-corrected chi connectivity index (χ1v) is 11.5. The first kappa shape index (κ1) is 22.1. The predicted molar refractivity (Wildman–Crippen MR) is 125 cm³/mol. The Morgan fingerprint density at radius 2 is 1.91 bits per heavy atom. The number of aromatic amines is 1. The average molecular weight is 463 g/mol.